The van der Waals surface area contributed by atoms with Crippen LogP contribution in [0.5, 0.6) is 5.75 Å². The van der Waals surface area contributed by atoms with E-state index in [1.54, 1.807) is 24.0 Å². The van der Waals surface area contributed by atoms with Crippen LogP contribution < -0.4 is 15.4 Å². The highest BCUT2D eigenvalue weighted by molar-refractivity contribution is 5.88. The summed E-state index contributed by atoms with van der Waals surface area (Å²) in [5.74, 6) is -0.139. The predicted molar refractivity (Wildman–Crippen MR) is 90.8 cm³/mol. The summed E-state index contributed by atoms with van der Waals surface area (Å²) in [4.78, 5) is 26.5. The maximum Gasteiger partial charge on any atom is 0.318 e. The van der Waals surface area contributed by atoms with Gasteiger partial charge in [0.15, 0.2) is 0 Å². The van der Waals surface area contributed by atoms with Crippen LogP contribution in [-0.4, -0.2) is 42.6 Å². The molecule has 2 unspecified atom stereocenters. The maximum atomic E-state index is 14.2. The third kappa shape index (κ3) is 3.86. The first-order valence-corrected chi connectivity index (χ1v) is 8.71. The van der Waals surface area contributed by atoms with Crippen molar-refractivity contribution in [1.29, 1.82) is 0 Å². The van der Waals surface area contributed by atoms with Crippen molar-refractivity contribution in [1.82, 2.24) is 15.5 Å². The van der Waals surface area contributed by atoms with E-state index in [0.717, 1.165) is 19.3 Å². The van der Waals surface area contributed by atoms with Crippen LogP contribution in [0.2, 0.25) is 0 Å². The molecule has 7 heteroatoms. The third-order valence-corrected chi connectivity index (χ3v) is 4.75. The van der Waals surface area contributed by atoms with E-state index >= 15 is 0 Å². The molecule has 6 nitrogen and oxygen atoms in total. The largest absolute Gasteiger partial charge is 0.496 e. The van der Waals surface area contributed by atoms with Crippen molar-refractivity contribution in [2.24, 2.45) is 0 Å². The number of nitrogens with one attached hydrogen (secondary N) is 2. The molecule has 2 fully saturated rings. The maximum absolute atomic E-state index is 14.2. The van der Waals surface area contributed by atoms with Crippen molar-refractivity contribution >= 4 is 11.9 Å². The van der Waals surface area contributed by atoms with Gasteiger partial charge in [0.25, 0.3) is 0 Å². The summed E-state index contributed by atoms with van der Waals surface area (Å²) in [7, 11) is 1.46. The molecule has 136 valence electrons. The number of halogens is 1. The number of methoxy groups -OCH3 is 1. The van der Waals surface area contributed by atoms with Gasteiger partial charge in [0.1, 0.15) is 17.6 Å². The van der Waals surface area contributed by atoms with Crippen molar-refractivity contribution < 1.29 is 18.7 Å². The quantitative estimate of drug-likeness (QED) is 0.857. The summed E-state index contributed by atoms with van der Waals surface area (Å²) < 4.78 is 19.4. The van der Waals surface area contributed by atoms with Crippen LogP contribution in [-0.2, 0) is 4.79 Å². The van der Waals surface area contributed by atoms with Crippen molar-refractivity contribution in [2.75, 3.05) is 13.7 Å². The number of ether oxygens (including phenoxy) is 1. The first-order chi connectivity index (χ1) is 12.0. The SMILES string of the molecule is COc1cccc(F)c1C(C)NC(=O)N1CCCC1C(=O)NC1CC1. The minimum absolute atomic E-state index is 0.0914. The molecule has 2 N–H and O–H groups in total. The highest BCUT2D eigenvalue weighted by Crippen LogP contribution is 2.28. The molecule has 3 amide bonds. The standard InChI is InChI=1S/C18H24FN3O3/c1-11(16-13(19)5-3-7-15(16)25-2)20-18(24)22-10-4-6-14(22)17(23)21-12-8-9-12/h3,5,7,11-12,14H,4,6,8-10H2,1-2H3,(H,20,24)(H,21,23). The zero-order valence-corrected chi connectivity index (χ0v) is 14.5. The van der Waals surface area contributed by atoms with Gasteiger partial charge >= 0.3 is 6.03 Å². The molecule has 1 aliphatic heterocycles. The minimum atomic E-state index is -0.573. The average Bonchev–Trinajstić information content (AvgIpc) is 3.25. The summed E-state index contributed by atoms with van der Waals surface area (Å²) in [6.45, 7) is 2.23. The lowest BCUT2D eigenvalue weighted by atomic mass is 10.1. The van der Waals surface area contributed by atoms with E-state index < -0.39 is 17.9 Å². The van der Waals surface area contributed by atoms with Crippen LogP contribution in [0.1, 0.15) is 44.2 Å². The smallest absolute Gasteiger partial charge is 0.318 e. The number of hydrogen-bond donors (Lipinski definition) is 2. The lowest BCUT2D eigenvalue weighted by molar-refractivity contribution is -0.124. The van der Waals surface area contributed by atoms with Crippen LogP contribution in [0, 0.1) is 5.82 Å². The number of likely N-dealkylation sites (tertiary alicyclic amines) is 1. The molecule has 1 saturated carbocycles. The van der Waals surface area contributed by atoms with Crippen molar-refractivity contribution in [2.45, 2.75) is 50.7 Å². The molecule has 0 aromatic heterocycles. The summed E-state index contributed by atoms with van der Waals surface area (Å²) in [6.07, 6.45) is 3.46. The Morgan fingerprint density at radius 1 is 1.32 bits per heavy atom. The van der Waals surface area contributed by atoms with Gasteiger partial charge in [-0.1, -0.05) is 6.07 Å². The number of nitrogens with zero attached hydrogens (tertiary/aromatic N) is 1. The van der Waals surface area contributed by atoms with Crippen molar-refractivity contribution in [3.8, 4) is 5.75 Å². The summed E-state index contributed by atoms with van der Waals surface area (Å²) in [5.41, 5.74) is 0.302. The molecular formula is C18H24FN3O3. The fourth-order valence-electron chi connectivity index (χ4n) is 3.26. The zero-order valence-electron chi connectivity index (χ0n) is 14.5. The van der Waals surface area contributed by atoms with Crippen LogP contribution in [0.15, 0.2) is 18.2 Å². The van der Waals surface area contributed by atoms with E-state index in [9.17, 15) is 14.0 Å². The van der Waals surface area contributed by atoms with E-state index in [1.165, 1.54) is 13.2 Å². The van der Waals surface area contributed by atoms with Gasteiger partial charge in [0, 0.05) is 12.6 Å². The zero-order chi connectivity index (χ0) is 18.0. The monoisotopic (exact) mass is 349 g/mol. The highest BCUT2D eigenvalue weighted by atomic mass is 19.1. The summed E-state index contributed by atoms with van der Waals surface area (Å²) in [5, 5.41) is 5.75. The number of carbonyl (C=O) groups is 2. The summed E-state index contributed by atoms with van der Waals surface area (Å²) in [6, 6.07) is 3.44. The normalized spacial score (nSPS) is 20.9. The molecular weight excluding hydrogens is 325 g/mol. The van der Waals surface area contributed by atoms with Crippen molar-refractivity contribution in [3.63, 3.8) is 0 Å². The molecule has 1 saturated heterocycles. The van der Waals surface area contributed by atoms with Crippen LogP contribution in [0.3, 0.4) is 0 Å². The lowest BCUT2D eigenvalue weighted by Gasteiger charge is -2.27. The Labute approximate surface area is 146 Å². The fourth-order valence-corrected chi connectivity index (χ4v) is 3.26. The second kappa shape index (κ2) is 7.29. The van der Waals surface area contributed by atoms with Gasteiger partial charge in [-0.05, 0) is 44.7 Å². The number of carbonyl (C=O) groups excluding carboxylic acids is 2. The molecule has 25 heavy (non-hydrogen) atoms. The second-order valence-corrected chi connectivity index (χ2v) is 6.66. The Hall–Kier alpha value is -2.31. The fraction of sp³-hybridized carbons (Fsp3) is 0.556. The van der Waals surface area contributed by atoms with E-state index in [0.29, 0.717) is 24.3 Å². The highest BCUT2D eigenvalue weighted by Gasteiger charge is 2.37. The number of urea groups is 1. The van der Waals surface area contributed by atoms with E-state index in [4.69, 9.17) is 4.74 Å². The Balaban J connectivity index is 1.67. The molecule has 1 aromatic rings. The van der Waals surface area contributed by atoms with Gasteiger partial charge in [0.2, 0.25) is 5.91 Å². The molecule has 2 aliphatic rings. The Kier molecular flexibility index (Phi) is 5.11. The topological polar surface area (TPSA) is 70.7 Å². The van der Waals surface area contributed by atoms with E-state index in [2.05, 4.69) is 10.6 Å². The Morgan fingerprint density at radius 3 is 2.76 bits per heavy atom. The number of rotatable bonds is 5. The van der Waals surface area contributed by atoms with Gasteiger partial charge in [-0.25, -0.2) is 9.18 Å². The average molecular weight is 349 g/mol. The van der Waals surface area contributed by atoms with Gasteiger partial charge < -0.3 is 20.3 Å². The van der Waals surface area contributed by atoms with Gasteiger partial charge in [-0.15, -0.1) is 0 Å². The first-order valence-electron chi connectivity index (χ1n) is 8.71. The first kappa shape index (κ1) is 17.5. The van der Waals surface area contributed by atoms with Gasteiger partial charge in [-0.3, -0.25) is 4.79 Å². The van der Waals surface area contributed by atoms with E-state index in [-0.39, 0.29) is 18.0 Å². The Morgan fingerprint density at radius 2 is 2.08 bits per heavy atom. The van der Waals surface area contributed by atoms with Crippen LogP contribution in [0.4, 0.5) is 9.18 Å². The summed E-state index contributed by atoms with van der Waals surface area (Å²) >= 11 is 0. The van der Waals surface area contributed by atoms with Crippen LogP contribution >= 0.6 is 0 Å². The molecule has 2 atom stereocenters. The molecule has 0 spiro atoms. The van der Waals surface area contributed by atoms with Gasteiger partial charge in [-0.2, -0.15) is 0 Å². The number of amides is 3. The van der Waals surface area contributed by atoms with Gasteiger partial charge in [0.05, 0.1) is 18.7 Å². The molecule has 3 rings (SSSR count). The number of benzene rings is 1. The minimum Gasteiger partial charge on any atom is -0.496 e. The molecule has 1 aliphatic carbocycles. The lowest BCUT2D eigenvalue weighted by Crippen LogP contribution is -2.50. The number of hydrogen-bond acceptors (Lipinski definition) is 3. The Bertz CT molecular complexity index is 663. The second-order valence-electron chi connectivity index (χ2n) is 6.66. The third-order valence-electron chi connectivity index (χ3n) is 4.75. The van der Waals surface area contributed by atoms with E-state index in [1.807, 2.05) is 0 Å². The predicted octanol–water partition coefficient (Wildman–Crippen LogP) is 2.35. The molecule has 1 heterocycles. The molecule has 1 aromatic carbocycles. The molecule has 0 radical (unpaired) electrons. The molecule has 0 bridgehead atoms. The van der Waals surface area contributed by atoms with Crippen LogP contribution in [0.25, 0.3) is 0 Å². The van der Waals surface area contributed by atoms with Crippen molar-refractivity contribution in [3.05, 3.63) is 29.6 Å².